The Kier molecular flexibility index (Phi) is 5.88. The molecule has 0 saturated carbocycles. The number of likely N-dealkylation sites (tertiary alicyclic amines) is 1. The minimum absolute atomic E-state index is 0.110. The van der Waals surface area contributed by atoms with Crippen LogP contribution >= 0.6 is 11.6 Å². The van der Waals surface area contributed by atoms with Crippen molar-refractivity contribution >= 4 is 17.6 Å². The van der Waals surface area contributed by atoms with Gasteiger partial charge in [-0.25, -0.2) is 4.79 Å². The van der Waals surface area contributed by atoms with E-state index in [0.29, 0.717) is 36.4 Å². The summed E-state index contributed by atoms with van der Waals surface area (Å²) in [6.45, 7) is 1.87. The Labute approximate surface area is 151 Å². The number of ether oxygens (including phenoxy) is 1. The first-order chi connectivity index (χ1) is 12.2. The van der Waals surface area contributed by atoms with Crippen molar-refractivity contribution in [2.24, 2.45) is 0 Å². The zero-order valence-corrected chi connectivity index (χ0v) is 14.8. The monoisotopic (exact) mass is 364 g/mol. The average Bonchev–Trinajstić information content (AvgIpc) is 3.27. The summed E-state index contributed by atoms with van der Waals surface area (Å²) >= 11 is 6.01. The SMILES string of the molecule is COCCCNC(=O)N1CCCC1c1nc(-c2cccc(Cl)c2)no1. The summed E-state index contributed by atoms with van der Waals surface area (Å²) in [4.78, 5) is 18.6. The highest BCUT2D eigenvalue weighted by molar-refractivity contribution is 6.30. The highest BCUT2D eigenvalue weighted by Crippen LogP contribution is 2.32. The number of hydrogen-bond donors (Lipinski definition) is 1. The Hall–Kier alpha value is -2.12. The molecule has 8 heteroatoms. The molecule has 134 valence electrons. The molecule has 2 amide bonds. The highest BCUT2D eigenvalue weighted by Gasteiger charge is 2.34. The van der Waals surface area contributed by atoms with Crippen LogP contribution in [-0.4, -0.2) is 47.9 Å². The second-order valence-electron chi connectivity index (χ2n) is 5.90. The lowest BCUT2D eigenvalue weighted by Crippen LogP contribution is -2.40. The molecule has 1 atom stereocenters. The van der Waals surface area contributed by atoms with Crippen molar-refractivity contribution in [3.05, 3.63) is 35.2 Å². The lowest BCUT2D eigenvalue weighted by atomic mass is 10.2. The fourth-order valence-corrected chi connectivity index (χ4v) is 3.09. The Morgan fingerprint density at radius 1 is 1.52 bits per heavy atom. The van der Waals surface area contributed by atoms with Gasteiger partial charge in [-0.1, -0.05) is 28.9 Å². The average molecular weight is 365 g/mol. The van der Waals surface area contributed by atoms with E-state index in [1.54, 1.807) is 24.1 Å². The molecule has 1 aliphatic rings. The molecule has 2 aromatic rings. The number of aromatic nitrogens is 2. The summed E-state index contributed by atoms with van der Waals surface area (Å²) in [6, 6.07) is 6.98. The van der Waals surface area contributed by atoms with Crippen LogP contribution in [-0.2, 0) is 4.74 Å². The number of urea groups is 1. The third-order valence-electron chi connectivity index (χ3n) is 4.12. The lowest BCUT2D eigenvalue weighted by Gasteiger charge is -2.22. The number of hydrogen-bond acceptors (Lipinski definition) is 5. The molecule has 1 unspecified atom stereocenters. The maximum Gasteiger partial charge on any atom is 0.318 e. The Morgan fingerprint density at radius 2 is 2.40 bits per heavy atom. The van der Waals surface area contributed by atoms with Gasteiger partial charge in [-0.2, -0.15) is 4.98 Å². The maximum atomic E-state index is 12.4. The number of nitrogens with one attached hydrogen (secondary N) is 1. The maximum absolute atomic E-state index is 12.4. The first-order valence-corrected chi connectivity index (χ1v) is 8.70. The number of carbonyl (C=O) groups is 1. The van der Waals surface area contributed by atoms with Crippen molar-refractivity contribution in [2.75, 3.05) is 26.8 Å². The summed E-state index contributed by atoms with van der Waals surface area (Å²) in [5, 5.41) is 7.55. The standard InChI is InChI=1S/C17H21ClN4O3/c1-24-10-4-8-19-17(23)22-9-3-7-14(22)16-20-15(21-25-16)12-5-2-6-13(18)11-12/h2,5-6,11,14H,3-4,7-10H2,1H3,(H,19,23). The van der Waals surface area contributed by atoms with Gasteiger partial charge in [0.1, 0.15) is 6.04 Å². The molecule has 0 bridgehead atoms. The number of methoxy groups -OCH3 is 1. The molecule has 7 nitrogen and oxygen atoms in total. The van der Waals surface area contributed by atoms with Crippen LogP contribution in [0.25, 0.3) is 11.4 Å². The predicted octanol–water partition coefficient (Wildman–Crippen LogP) is 3.27. The number of carbonyl (C=O) groups excluding carboxylic acids is 1. The molecule has 1 saturated heterocycles. The van der Waals surface area contributed by atoms with Crippen molar-refractivity contribution in [1.82, 2.24) is 20.4 Å². The number of amides is 2. The number of rotatable bonds is 6. The molecule has 3 rings (SSSR count). The van der Waals surface area contributed by atoms with Crippen molar-refractivity contribution in [3.63, 3.8) is 0 Å². The third kappa shape index (κ3) is 4.29. The molecule has 0 spiro atoms. The van der Waals surface area contributed by atoms with Gasteiger partial charge in [0, 0.05) is 37.4 Å². The van der Waals surface area contributed by atoms with E-state index in [1.807, 2.05) is 12.1 Å². The van der Waals surface area contributed by atoms with Crippen molar-refractivity contribution in [3.8, 4) is 11.4 Å². The van der Waals surface area contributed by atoms with Gasteiger partial charge in [-0.3, -0.25) is 0 Å². The van der Waals surface area contributed by atoms with Crippen LogP contribution in [0.3, 0.4) is 0 Å². The summed E-state index contributed by atoms with van der Waals surface area (Å²) < 4.78 is 10.4. The van der Waals surface area contributed by atoms with E-state index >= 15 is 0 Å². The van der Waals surface area contributed by atoms with Crippen LogP contribution in [0.4, 0.5) is 4.79 Å². The molecule has 1 aromatic heterocycles. The Morgan fingerprint density at radius 3 is 3.20 bits per heavy atom. The second-order valence-corrected chi connectivity index (χ2v) is 6.33. The Balaban J connectivity index is 1.67. The first-order valence-electron chi connectivity index (χ1n) is 8.32. The minimum atomic E-state index is -0.192. The van der Waals surface area contributed by atoms with E-state index in [1.165, 1.54) is 0 Å². The normalized spacial score (nSPS) is 17.0. The summed E-state index contributed by atoms with van der Waals surface area (Å²) in [7, 11) is 1.64. The molecule has 1 fully saturated rings. The van der Waals surface area contributed by atoms with E-state index in [0.717, 1.165) is 24.8 Å². The number of nitrogens with zero attached hydrogens (tertiary/aromatic N) is 3. The minimum Gasteiger partial charge on any atom is -0.385 e. The topological polar surface area (TPSA) is 80.5 Å². The molecule has 1 aromatic carbocycles. The van der Waals surface area contributed by atoms with E-state index < -0.39 is 0 Å². The van der Waals surface area contributed by atoms with Crippen LogP contribution in [0.5, 0.6) is 0 Å². The van der Waals surface area contributed by atoms with Crippen LogP contribution in [0.1, 0.15) is 31.2 Å². The summed E-state index contributed by atoms with van der Waals surface area (Å²) in [5.41, 5.74) is 0.788. The van der Waals surface area contributed by atoms with Gasteiger partial charge in [0.15, 0.2) is 0 Å². The van der Waals surface area contributed by atoms with Gasteiger partial charge in [-0.05, 0) is 31.4 Å². The number of halogens is 1. The highest BCUT2D eigenvalue weighted by atomic mass is 35.5. The number of benzene rings is 1. The van der Waals surface area contributed by atoms with E-state index in [-0.39, 0.29) is 12.1 Å². The molecule has 0 aliphatic carbocycles. The first kappa shape index (κ1) is 17.7. The molecular formula is C17H21ClN4O3. The zero-order chi connectivity index (χ0) is 17.6. The van der Waals surface area contributed by atoms with Gasteiger partial charge in [0.2, 0.25) is 11.7 Å². The molecule has 1 N–H and O–H groups in total. The fourth-order valence-electron chi connectivity index (χ4n) is 2.90. The molecule has 1 aliphatic heterocycles. The third-order valence-corrected chi connectivity index (χ3v) is 4.36. The second kappa shape index (κ2) is 8.31. The van der Waals surface area contributed by atoms with Gasteiger partial charge in [0.25, 0.3) is 0 Å². The largest absolute Gasteiger partial charge is 0.385 e. The van der Waals surface area contributed by atoms with E-state index in [4.69, 9.17) is 20.9 Å². The van der Waals surface area contributed by atoms with Gasteiger partial charge in [0.05, 0.1) is 0 Å². The fraction of sp³-hybridized carbons (Fsp3) is 0.471. The molecule has 0 radical (unpaired) electrons. The smallest absolute Gasteiger partial charge is 0.318 e. The van der Waals surface area contributed by atoms with Crippen molar-refractivity contribution < 1.29 is 14.1 Å². The lowest BCUT2D eigenvalue weighted by molar-refractivity contribution is 0.174. The van der Waals surface area contributed by atoms with E-state index in [2.05, 4.69) is 15.5 Å². The molecule has 2 heterocycles. The van der Waals surface area contributed by atoms with E-state index in [9.17, 15) is 4.79 Å². The quantitative estimate of drug-likeness (QED) is 0.795. The van der Waals surface area contributed by atoms with Gasteiger partial charge >= 0.3 is 6.03 Å². The van der Waals surface area contributed by atoms with Crippen LogP contribution in [0.2, 0.25) is 5.02 Å². The summed E-state index contributed by atoms with van der Waals surface area (Å²) in [6.07, 6.45) is 2.49. The summed E-state index contributed by atoms with van der Waals surface area (Å²) in [5.74, 6) is 0.935. The predicted molar refractivity (Wildman–Crippen MR) is 93.3 cm³/mol. The van der Waals surface area contributed by atoms with Crippen LogP contribution in [0.15, 0.2) is 28.8 Å². The van der Waals surface area contributed by atoms with Crippen LogP contribution < -0.4 is 5.32 Å². The van der Waals surface area contributed by atoms with Gasteiger partial charge in [-0.15, -0.1) is 0 Å². The zero-order valence-electron chi connectivity index (χ0n) is 14.1. The van der Waals surface area contributed by atoms with Crippen LogP contribution in [0, 0.1) is 0 Å². The molecule has 25 heavy (non-hydrogen) atoms. The Bertz CT molecular complexity index is 721. The molecular weight excluding hydrogens is 344 g/mol. The van der Waals surface area contributed by atoms with Crippen molar-refractivity contribution in [2.45, 2.75) is 25.3 Å². The van der Waals surface area contributed by atoms with Gasteiger partial charge < -0.3 is 19.5 Å². The van der Waals surface area contributed by atoms with Crippen molar-refractivity contribution in [1.29, 1.82) is 0 Å².